The van der Waals surface area contributed by atoms with Crippen LogP contribution in [0.4, 0.5) is 0 Å². The van der Waals surface area contributed by atoms with Crippen LogP contribution in [-0.2, 0) is 9.53 Å². The summed E-state index contributed by atoms with van der Waals surface area (Å²) >= 11 is 0. The van der Waals surface area contributed by atoms with Gasteiger partial charge in [0.2, 0.25) is 0 Å². The molecule has 0 aromatic carbocycles. The van der Waals surface area contributed by atoms with E-state index in [1.807, 2.05) is 0 Å². The van der Waals surface area contributed by atoms with E-state index in [0.29, 0.717) is 13.0 Å². The lowest BCUT2D eigenvalue weighted by Crippen LogP contribution is -1.91. The maximum Gasteiger partial charge on any atom is 0.141 e. The lowest BCUT2D eigenvalue weighted by Gasteiger charge is -1.87. The van der Waals surface area contributed by atoms with Gasteiger partial charge in [0, 0.05) is 0 Å². The van der Waals surface area contributed by atoms with Crippen LogP contribution >= 0.6 is 0 Å². The van der Waals surface area contributed by atoms with Gasteiger partial charge in [-0.3, -0.25) is 4.79 Å². The normalized spacial score (nSPS) is 7.64. The summed E-state index contributed by atoms with van der Waals surface area (Å²) in [4.78, 5) is 10.4. The molecular weight excluding hydrogens is 140 g/mol. The number of carbonyl (C=O) groups is 1. The van der Waals surface area contributed by atoms with E-state index in [1.54, 1.807) is 0 Å². The first-order chi connectivity index (χ1) is 5.27. The van der Waals surface area contributed by atoms with Crippen LogP contribution in [0.25, 0.3) is 0 Å². The molecule has 0 heterocycles. The van der Waals surface area contributed by atoms with Gasteiger partial charge in [-0.2, -0.15) is 0 Å². The molecule has 0 aromatic heterocycles. The van der Waals surface area contributed by atoms with Crippen LogP contribution in [-0.4, -0.2) is 19.0 Å². The second-order valence-corrected chi connectivity index (χ2v) is 1.93. The van der Waals surface area contributed by atoms with Crippen molar-refractivity contribution < 1.29 is 9.53 Å². The molecule has 0 aliphatic rings. The van der Waals surface area contributed by atoms with Crippen LogP contribution in [0.1, 0.15) is 13.3 Å². The van der Waals surface area contributed by atoms with Crippen LogP contribution in [0.2, 0.25) is 0 Å². The minimum absolute atomic E-state index is 0.0643. The summed E-state index contributed by atoms with van der Waals surface area (Å²) in [6, 6.07) is 0. The second kappa shape index (κ2) is 6.86. The van der Waals surface area contributed by atoms with Gasteiger partial charge >= 0.3 is 0 Å². The Balaban J connectivity index is 3.28. The maximum atomic E-state index is 10.4. The summed E-state index contributed by atoms with van der Waals surface area (Å²) in [6.45, 7) is 2.07. The Labute approximate surface area is 66.9 Å². The number of terminal acetylenes is 1. The van der Waals surface area contributed by atoms with Crippen LogP contribution < -0.4 is 0 Å². The predicted molar refractivity (Wildman–Crippen MR) is 42.7 cm³/mol. The molecule has 0 unspecified atom stereocenters. The van der Waals surface area contributed by atoms with Gasteiger partial charge in [0.15, 0.2) is 0 Å². The van der Waals surface area contributed by atoms with Crippen molar-refractivity contribution >= 4 is 5.78 Å². The highest BCUT2D eigenvalue weighted by Crippen LogP contribution is 1.76. The predicted octanol–water partition coefficient (Wildman–Crippen LogP) is 0.619. The van der Waals surface area contributed by atoms with Crippen LogP contribution in [0.5, 0.6) is 0 Å². The molecule has 58 valence electrons. The quantitative estimate of drug-likeness (QED) is 0.435. The van der Waals surface area contributed by atoms with Gasteiger partial charge in [0.1, 0.15) is 19.0 Å². The average Bonchev–Trinajstić information content (AvgIpc) is 1.96. The number of Topliss-reactive ketones (excluding diaryl/α,β-unsaturated/α-hetero) is 1. The van der Waals surface area contributed by atoms with E-state index in [-0.39, 0.29) is 12.4 Å². The summed E-state index contributed by atoms with van der Waals surface area (Å²) < 4.78 is 4.84. The lowest BCUT2D eigenvalue weighted by molar-refractivity contribution is -0.116. The minimum Gasteiger partial charge on any atom is -0.356 e. The Morgan fingerprint density at radius 1 is 1.45 bits per heavy atom. The molecule has 2 heteroatoms. The molecule has 0 fully saturated rings. The first kappa shape index (κ1) is 9.75. The van der Waals surface area contributed by atoms with Crippen molar-refractivity contribution in [2.45, 2.75) is 13.3 Å². The van der Waals surface area contributed by atoms with Crippen molar-refractivity contribution in [3.05, 3.63) is 0 Å². The molecular formula is C9H10O2. The Morgan fingerprint density at radius 3 is 2.73 bits per heavy atom. The first-order valence-electron chi connectivity index (χ1n) is 3.23. The van der Waals surface area contributed by atoms with E-state index >= 15 is 0 Å². The summed E-state index contributed by atoms with van der Waals surface area (Å²) in [5.74, 6) is 7.69. The van der Waals surface area contributed by atoms with E-state index in [0.717, 1.165) is 0 Å². The number of hydrogen-bond acceptors (Lipinski definition) is 2. The van der Waals surface area contributed by atoms with Crippen molar-refractivity contribution in [2.75, 3.05) is 13.2 Å². The fourth-order valence-electron chi connectivity index (χ4n) is 0.399. The van der Waals surface area contributed by atoms with Gasteiger partial charge in [0.25, 0.3) is 0 Å². The van der Waals surface area contributed by atoms with Gasteiger partial charge in [-0.25, -0.2) is 0 Å². The third kappa shape index (κ3) is 8.75. The zero-order chi connectivity index (χ0) is 8.53. The molecule has 0 amide bonds. The molecule has 11 heavy (non-hydrogen) atoms. The van der Waals surface area contributed by atoms with E-state index < -0.39 is 0 Å². The molecule has 0 aliphatic carbocycles. The number of ketones is 1. The van der Waals surface area contributed by atoms with Gasteiger partial charge in [-0.05, 0) is 6.92 Å². The van der Waals surface area contributed by atoms with E-state index in [4.69, 9.17) is 11.2 Å². The minimum atomic E-state index is 0.0643. The lowest BCUT2D eigenvalue weighted by atomic mass is 10.3. The molecule has 0 spiro atoms. The summed E-state index contributed by atoms with van der Waals surface area (Å²) in [7, 11) is 0. The largest absolute Gasteiger partial charge is 0.356 e. The van der Waals surface area contributed by atoms with Crippen molar-refractivity contribution in [1.82, 2.24) is 0 Å². The van der Waals surface area contributed by atoms with Gasteiger partial charge < -0.3 is 4.74 Å². The Kier molecular flexibility index (Phi) is 6.08. The fourth-order valence-corrected chi connectivity index (χ4v) is 0.399. The Morgan fingerprint density at radius 2 is 2.18 bits per heavy atom. The molecule has 0 aliphatic heterocycles. The highest BCUT2D eigenvalue weighted by atomic mass is 16.5. The standard InChI is InChI=1S/C9H10O2/c1-3-7-11-8-5-4-6-9(2)10/h1H,6-8H2,2H3. The molecule has 0 aromatic rings. The van der Waals surface area contributed by atoms with Crippen molar-refractivity contribution in [3.8, 4) is 24.2 Å². The third-order valence-corrected chi connectivity index (χ3v) is 0.822. The molecule has 0 bridgehead atoms. The number of carbonyl (C=O) groups excluding carboxylic acids is 1. The topological polar surface area (TPSA) is 26.3 Å². The number of rotatable bonds is 3. The maximum absolute atomic E-state index is 10.4. The van der Waals surface area contributed by atoms with Crippen molar-refractivity contribution in [2.24, 2.45) is 0 Å². The van der Waals surface area contributed by atoms with Gasteiger partial charge in [-0.15, -0.1) is 6.42 Å². The SMILES string of the molecule is C#CCOCC#CCC(C)=O. The van der Waals surface area contributed by atoms with Crippen LogP contribution in [0, 0.1) is 24.2 Å². The fraction of sp³-hybridized carbons (Fsp3) is 0.444. The van der Waals surface area contributed by atoms with E-state index in [2.05, 4.69) is 17.8 Å². The molecule has 0 radical (unpaired) electrons. The summed E-state index contributed by atoms with van der Waals surface area (Å²) in [6.07, 6.45) is 5.21. The highest BCUT2D eigenvalue weighted by molar-refractivity contribution is 5.77. The Hall–Kier alpha value is -1.25. The molecule has 0 N–H and O–H groups in total. The monoisotopic (exact) mass is 150 g/mol. The first-order valence-corrected chi connectivity index (χ1v) is 3.23. The molecule has 0 saturated heterocycles. The zero-order valence-electron chi connectivity index (χ0n) is 6.52. The second-order valence-electron chi connectivity index (χ2n) is 1.93. The number of ether oxygens (including phenoxy) is 1. The van der Waals surface area contributed by atoms with Crippen molar-refractivity contribution in [3.63, 3.8) is 0 Å². The molecule has 0 atom stereocenters. The van der Waals surface area contributed by atoms with Crippen molar-refractivity contribution in [1.29, 1.82) is 0 Å². The molecule has 0 saturated carbocycles. The van der Waals surface area contributed by atoms with Gasteiger partial charge in [-0.1, -0.05) is 17.8 Å². The Bertz CT molecular complexity index is 212. The van der Waals surface area contributed by atoms with Crippen LogP contribution in [0.3, 0.4) is 0 Å². The van der Waals surface area contributed by atoms with Gasteiger partial charge in [0.05, 0.1) is 6.42 Å². The smallest absolute Gasteiger partial charge is 0.141 e. The average molecular weight is 150 g/mol. The zero-order valence-corrected chi connectivity index (χ0v) is 6.52. The van der Waals surface area contributed by atoms with E-state index in [9.17, 15) is 4.79 Å². The molecule has 2 nitrogen and oxygen atoms in total. The highest BCUT2D eigenvalue weighted by Gasteiger charge is 1.83. The number of hydrogen-bond donors (Lipinski definition) is 0. The third-order valence-electron chi connectivity index (χ3n) is 0.822. The molecule has 0 rings (SSSR count). The summed E-state index contributed by atoms with van der Waals surface area (Å²) in [5, 5.41) is 0. The van der Waals surface area contributed by atoms with Crippen LogP contribution in [0.15, 0.2) is 0 Å². The summed E-state index contributed by atoms with van der Waals surface area (Å²) in [5.41, 5.74) is 0. The van der Waals surface area contributed by atoms with E-state index in [1.165, 1.54) is 6.92 Å².